The molecule has 16 heavy (non-hydrogen) atoms. The maximum absolute atomic E-state index is 9.65. The molecule has 1 aliphatic rings. The fourth-order valence-corrected chi connectivity index (χ4v) is 2.17. The number of aliphatic hydroxyl groups is 1. The second kappa shape index (κ2) is 6.71. The molecule has 0 heterocycles. The van der Waals surface area contributed by atoms with Crippen molar-refractivity contribution in [3.63, 3.8) is 0 Å². The highest BCUT2D eigenvalue weighted by atomic mass is 16.3. The molecule has 3 nitrogen and oxygen atoms in total. The van der Waals surface area contributed by atoms with Crippen LogP contribution in [-0.2, 0) is 0 Å². The van der Waals surface area contributed by atoms with E-state index in [9.17, 15) is 5.11 Å². The maximum Gasteiger partial charge on any atom is 0.0964 e. The normalized spacial score (nSPS) is 27.4. The van der Waals surface area contributed by atoms with E-state index >= 15 is 0 Å². The zero-order valence-corrected chi connectivity index (χ0v) is 10.2. The Kier molecular flexibility index (Phi) is 5.56. The second-order valence-corrected chi connectivity index (χ2v) is 4.47. The van der Waals surface area contributed by atoms with Crippen LogP contribution in [0.1, 0.15) is 39.0 Å². The minimum atomic E-state index is 0.253. The van der Waals surface area contributed by atoms with Crippen LogP contribution in [0.3, 0.4) is 0 Å². The molecule has 1 aliphatic carbocycles. The Labute approximate surface area is 98.4 Å². The number of nitrogens with one attached hydrogen (secondary N) is 1. The topological polar surface area (TPSA) is 58.3 Å². The van der Waals surface area contributed by atoms with Crippen LogP contribution >= 0.6 is 0 Å². The van der Waals surface area contributed by atoms with Gasteiger partial charge in [0.05, 0.1) is 5.76 Å². The fourth-order valence-electron chi connectivity index (χ4n) is 2.17. The third-order valence-corrected chi connectivity index (χ3v) is 3.33. The first-order chi connectivity index (χ1) is 7.69. The molecule has 0 amide bonds. The molecular weight excluding hydrogens is 200 g/mol. The number of aliphatic hydroxyl groups excluding tert-OH is 1. The van der Waals surface area contributed by atoms with E-state index < -0.39 is 0 Å². The smallest absolute Gasteiger partial charge is 0.0964 e. The average Bonchev–Trinajstić information content (AvgIpc) is 2.31. The van der Waals surface area contributed by atoms with E-state index in [1.807, 2.05) is 6.92 Å². The van der Waals surface area contributed by atoms with Gasteiger partial charge in [-0.25, -0.2) is 0 Å². The highest BCUT2D eigenvalue weighted by molar-refractivity contribution is 5.21. The molecule has 1 rings (SSSR count). The van der Waals surface area contributed by atoms with Crippen LogP contribution in [0.4, 0.5) is 0 Å². The molecule has 0 radical (unpaired) electrons. The summed E-state index contributed by atoms with van der Waals surface area (Å²) < 4.78 is 0. The van der Waals surface area contributed by atoms with Gasteiger partial charge >= 0.3 is 0 Å². The summed E-state index contributed by atoms with van der Waals surface area (Å²) in [5, 5.41) is 13.1. The minimum absolute atomic E-state index is 0.253. The number of hydrogen-bond donors (Lipinski definition) is 3. The van der Waals surface area contributed by atoms with E-state index in [-0.39, 0.29) is 6.04 Å². The van der Waals surface area contributed by atoms with E-state index in [0.29, 0.717) is 24.8 Å². The predicted octanol–water partition coefficient (Wildman–Crippen LogP) is 2.25. The number of rotatable bonds is 5. The molecule has 0 spiro atoms. The summed E-state index contributed by atoms with van der Waals surface area (Å²) in [4.78, 5) is 0. The predicted molar refractivity (Wildman–Crippen MR) is 68.4 cm³/mol. The van der Waals surface area contributed by atoms with E-state index in [1.54, 1.807) is 6.08 Å². The van der Waals surface area contributed by atoms with Gasteiger partial charge in [-0.3, -0.25) is 0 Å². The first-order valence-electron chi connectivity index (χ1n) is 6.21. The lowest BCUT2D eigenvalue weighted by atomic mass is 9.91. The van der Waals surface area contributed by atoms with Crippen LogP contribution in [0, 0.1) is 0 Å². The van der Waals surface area contributed by atoms with Gasteiger partial charge in [0.25, 0.3) is 0 Å². The van der Waals surface area contributed by atoms with Crippen molar-refractivity contribution in [2.75, 3.05) is 6.54 Å². The van der Waals surface area contributed by atoms with Crippen molar-refractivity contribution in [3.8, 4) is 0 Å². The number of nitrogens with two attached hydrogens (primary N) is 1. The lowest BCUT2D eigenvalue weighted by Gasteiger charge is -2.29. The molecule has 1 saturated carbocycles. The SMILES string of the molecule is C=C/C(CNC1CCCCC1N)=C(/O)CC. The van der Waals surface area contributed by atoms with Crippen LogP contribution in [0.5, 0.6) is 0 Å². The van der Waals surface area contributed by atoms with Gasteiger partial charge in [0.1, 0.15) is 0 Å². The Morgan fingerprint density at radius 1 is 1.50 bits per heavy atom. The molecule has 92 valence electrons. The highest BCUT2D eigenvalue weighted by Gasteiger charge is 2.21. The van der Waals surface area contributed by atoms with Crippen molar-refractivity contribution in [1.29, 1.82) is 0 Å². The molecular formula is C13H24N2O. The van der Waals surface area contributed by atoms with Crippen LogP contribution in [0.2, 0.25) is 0 Å². The van der Waals surface area contributed by atoms with E-state index in [1.165, 1.54) is 12.8 Å². The molecule has 0 saturated heterocycles. The summed E-state index contributed by atoms with van der Waals surface area (Å²) in [6.45, 7) is 6.33. The zero-order valence-electron chi connectivity index (χ0n) is 10.2. The summed E-state index contributed by atoms with van der Waals surface area (Å²) in [5.41, 5.74) is 6.94. The number of allylic oxidation sites excluding steroid dienone is 1. The average molecular weight is 224 g/mol. The lowest BCUT2D eigenvalue weighted by molar-refractivity contribution is 0.331. The first kappa shape index (κ1) is 13.3. The Morgan fingerprint density at radius 3 is 2.75 bits per heavy atom. The summed E-state index contributed by atoms with van der Waals surface area (Å²) in [7, 11) is 0. The summed E-state index contributed by atoms with van der Waals surface area (Å²) in [5.74, 6) is 0.423. The van der Waals surface area contributed by atoms with Crippen molar-refractivity contribution in [2.24, 2.45) is 5.73 Å². The largest absolute Gasteiger partial charge is 0.512 e. The molecule has 2 atom stereocenters. The summed E-state index contributed by atoms with van der Waals surface area (Å²) in [6, 6.07) is 0.636. The molecule has 0 bridgehead atoms. The van der Waals surface area contributed by atoms with E-state index in [2.05, 4.69) is 11.9 Å². The van der Waals surface area contributed by atoms with Gasteiger partial charge in [0.2, 0.25) is 0 Å². The maximum atomic E-state index is 9.65. The van der Waals surface area contributed by atoms with E-state index in [0.717, 1.165) is 18.4 Å². The quantitative estimate of drug-likeness (QED) is 0.496. The van der Waals surface area contributed by atoms with Crippen molar-refractivity contribution < 1.29 is 5.11 Å². The van der Waals surface area contributed by atoms with Gasteiger partial charge in [-0.2, -0.15) is 0 Å². The van der Waals surface area contributed by atoms with Gasteiger partial charge in [-0.05, 0) is 12.8 Å². The number of hydrogen-bond acceptors (Lipinski definition) is 3. The van der Waals surface area contributed by atoms with Gasteiger partial charge in [0.15, 0.2) is 0 Å². The van der Waals surface area contributed by atoms with Gasteiger partial charge in [-0.15, -0.1) is 0 Å². The molecule has 0 aromatic rings. The van der Waals surface area contributed by atoms with E-state index in [4.69, 9.17) is 5.73 Å². The van der Waals surface area contributed by atoms with Crippen LogP contribution < -0.4 is 11.1 Å². The zero-order chi connectivity index (χ0) is 12.0. The third kappa shape index (κ3) is 3.65. The molecule has 0 aromatic heterocycles. The molecule has 1 fully saturated rings. The molecule has 3 heteroatoms. The molecule has 2 unspecified atom stereocenters. The minimum Gasteiger partial charge on any atom is -0.512 e. The van der Waals surface area contributed by atoms with Crippen LogP contribution in [0.25, 0.3) is 0 Å². The Bertz CT molecular complexity index is 261. The highest BCUT2D eigenvalue weighted by Crippen LogP contribution is 2.17. The van der Waals surface area contributed by atoms with Crippen molar-refractivity contribution in [1.82, 2.24) is 5.32 Å². The van der Waals surface area contributed by atoms with Crippen LogP contribution in [0.15, 0.2) is 24.0 Å². The third-order valence-electron chi connectivity index (χ3n) is 3.33. The molecule has 4 N–H and O–H groups in total. The summed E-state index contributed by atoms with van der Waals surface area (Å²) >= 11 is 0. The molecule has 0 aromatic carbocycles. The first-order valence-corrected chi connectivity index (χ1v) is 6.21. The van der Waals surface area contributed by atoms with Gasteiger partial charge < -0.3 is 16.2 Å². The monoisotopic (exact) mass is 224 g/mol. The van der Waals surface area contributed by atoms with Crippen LogP contribution in [-0.4, -0.2) is 23.7 Å². The fraction of sp³-hybridized carbons (Fsp3) is 0.692. The van der Waals surface area contributed by atoms with Crippen molar-refractivity contribution in [2.45, 2.75) is 51.1 Å². The lowest BCUT2D eigenvalue weighted by Crippen LogP contribution is -2.47. The Morgan fingerprint density at radius 2 is 2.19 bits per heavy atom. The standard InChI is InChI=1S/C13H24N2O/c1-3-10(13(16)4-2)9-15-12-8-6-5-7-11(12)14/h3,11-12,15-16H,1,4-9,14H2,2H3/b13-10-. The van der Waals surface area contributed by atoms with Gasteiger partial charge in [0, 0.05) is 30.6 Å². The van der Waals surface area contributed by atoms with Gasteiger partial charge in [-0.1, -0.05) is 32.4 Å². The summed E-state index contributed by atoms with van der Waals surface area (Å²) in [6.07, 6.45) is 7.10. The Balaban J connectivity index is 2.45. The Hall–Kier alpha value is -0.800. The van der Waals surface area contributed by atoms with Crippen molar-refractivity contribution in [3.05, 3.63) is 24.0 Å². The second-order valence-electron chi connectivity index (χ2n) is 4.47. The van der Waals surface area contributed by atoms with Crippen molar-refractivity contribution >= 4 is 0 Å². The molecule has 0 aliphatic heterocycles.